The maximum atomic E-state index is 11.0. The zero-order valence-electron chi connectivity index (χ0n) is 10.3. The van der Waals surface area contributed by atoms with Crippen LogP contribution in [0.5, 0.6) is 0 Å². The Bertz CT molecular complexity index is 514. The number of benzene rings is 1. The Morgan fingerprint density at radius 2 is 2.21 bits per heavy atom. The molecule has 2 rings (SSSR count). The Labute approximate surface area is 110 Å². The molecule has 0 bridgehead atoms. The fourth-order valence-electron chi connectivity index (χ4n) is 2.03. The minimum Gasteiger partial charge on any atom is -0.375 e. The summed E-state index contributed by atoms with van der Waals surface area (Å²) in [4.78, 5) is 21.5. The molecule has 102 valence electrons. The fraction of sp³-hybridized carbons (Fsp3) is 0.417. The molecule has 5 N–H and O–H groups in total. The van der Waals surface area contributed by atoms with Gasteiger partial charge in [-0.1, -0.05) is 0 Å². The highest BCUT2D eigenvalue weighted by Crippen LogP contribution is 2.35. The maximum absolute atomic E-state index is 11.0. The molecule has 1 atom stereocenters. The SMILES string of the molecule is NCC(Nc1ccc(C(N)=O)cc1[N+](=O)[O-])C1CC1. The lowest BCUT2D eigenvalue weighted by Gasteiger charge is -2.17. The van der Waals surface area contributed by atoms with E-state index in [9.17, 15) is 14.9 Å². The predicted molar refractivity (Wildman–Crippen MR) is 70.8 cm³/mol. The number of carbonyl (C=O) groups excluding carboxylic acids is 1. The molecule has 0 radical (unpaired) electrons. The van der Waals surface area contributed by atoms with Crippen molar-refractivity contribution < 1.29 is 9.72 Å². The van der Waals surface area contributed by atoms with Crippen molar-refractivity contribution in [1.29, 1.82) is 0 Å². The fourth-order valence-corrected chi connectivity index (χ4v) is 2.03. The molecule has 0 aromatic heterocycles. The van der Waals surface area contributed by atoms with E-state index >= 15 is 0 Å². The number of primary amides is 1. The molecule has 7 heteroatoms. The molecule has 1 aromatic rings. The second-order valence-electron chi connectivity index (χ2n) is 4.68. The average molecular weight is 264 g/mol. The largest absolute Gasteiger partial charge is 0.375 e. The molecule has 0 saturated heterocycles. The topological polar surface area (TPSA) is 124 Å². The lowest BCUT2D eigenvalue weighted by molar-refractivity contribution is -0.384. The maximum Gasteiger partial charge on any atom is 0.293 e. The van der Waals surface area contributed by atoms with Crippen molar-refractivity contribution in [3.63, 3.8) is 0 Å². The van der Waals surface area contributed by atoms with Crippen LogP contribution in [0.15, 0.2) is 18.2 Å². The quantitative estimate of drug-likeness (QED) is 0.518. The molecular weight excluding hydrogens is 248 g/mol. The number of nitrogens with zero attached hydrogens (tertiary/aromatic N) is 1. The van der Waals surface area contributed by atoms with Gasteiger partial charge in [0, 0.05) is 24.2 Å². The molecule has 1 amide bonds. The summed E-state index contributed by atoms with van der Waals surface area (Å²) in [6.07, 6.45) is 2.17. The number of hydrogen-bond donors (Lipinski definition) is 3. The molecule has 1 aromatic carbocycles. The summed E-state index contributed by atoms with van der Waals surface area (Å²) in [6.45, 7) is 0.416. The van der Waals surface area contributed by atoms with Gasteiger partial charge in [0.2, 0.25) is 5.91 Å². The van der Waals surface area contributed by atoms with Gasteiger partial charge in [-0.3, -0.25) is 14.9 Å². The van der Waals surface area contributed by atoms with Crippen molar-refractivity contribution in [3.05, 3.63) is 33.9 Å². The number of carbonyl (C=O) groups is 1. The Kier molecular flexibility index (Phi) is 3.66. The first-order valence-corrected chi connectivity index (χ1v) is 6.07. The van der Waals surface area contributed by atoms with Crippen molar-refractivity contribution in [2.24, 2.45) is 17.4 Å². The van der Waals surface area contributed by atoms with E-state index in [-0.39, 0.29) is 17.3 Å². The van der Waals surface area contributed by atoms with Crippen LogP contribution in [-0.2, 0) is 0 Å². The molecule has 1 unspecified atom stereocenters. The second-order valence-corrected chi connectivity index (χ2v) is 4.68. The van der Waals surface area contributed by atoms with Gasteiger partial charge >= 0.3 is 0 Å². The predicted octanol–water partition coefficient (Wildman–Crippen LogP) is 0.843. The summed E-state index contributed by atoms with van der Waals surface area (Å²) in [6, 6.07) is 4.19. The Balaban J connectivity index is 2.28. The third-order valence-electron chi connectivity index (χ3n) is 3.26. The normalized spacial score (nSPS) is 15.8. The molecule has 0 aliphatic heterocycles. The lowest BCUT2D eigenvalue weighted by atomic mass is 10.1. The number of amides is 1. The van der Waals surface area contributed by atoms with Crippen molar-refractivity contribution in [3.8, 4) is 0 Å². The number of rotatable bonds is 6. The minimum absolute atomic E-state index is 0.0260. The van der Waals surface area contributed by atoms with Gasteiger partial charge in [0.1, 0.15) is 5.69 Å². The summed E-state index contributed by atoms with van der Waals surface area (Å²) in [5.74, 6) is -0.215. The third kappa shape index (κ3) is 3.00. The third-order valence-corrected chi connectivity index (χ3v) is 3.26. The zero-order chi connectivity index (χ0) is 14.0. The summed E-state index contributed by atoms with van der Waals surface area (Å²) < 4.78 is 0. The lowest BCUT2D eigenvalue weighted by Crippen LogP contribution is -2.31. The van der Waals surface area contributed by atoms with Crippen LogP contribution in [0.1, 0.15) is 23.2 Å². The zero-order valence-corrected chi connectivity index (χ0v) is 10.3. The molecule has 1 saturated carbocycles. The van der Waals surface area contributed by atoms with Crippen LogP contribution in [0.25, 0.3) is 0 Å². The smallest absolute Gasteiger partial charge is 0.293 e. The van der Waals surface area contributed by atoms with Crippen LogP contribution in [0, 0.1) is 16.0 Å². The number of nitrogens with two attached hydrogens (primary N) is 2. The monoisotopic (exact) mass is 264 g/mol. The van der Waals surface area contributed by atoms with E-state index in [1.807, 2.05) is 0 Å². The van der Waals surface area contributed by atoms with Gasteiger partial charge in [-0.05, 0) is 30.9 Å². The van der Waals surface area contributed by atoms with E-state index in [1.54, 1.807) is 0 Å². The van der Waals surface area contributed by atoms with Crippen LogP contribution < -0.4 is 16.8 Å². The highest BCUT2D eigenvalue weighted by Gasteiger charge is 2.31. The Morgan fingerprint density at radius 1 is 1.53 bits per heavy atom. The molecule has 0 heterocycles. The van der Waals surface area contributed by atoms with Gasteiger partial charge in [-0.15, -0.1) is 0 Å². The Morgan fingerprint density at radius 3 is 2.68 bits per heavy atom. The minimum atomic E-state index is -0.688. The second kappa shape index (κ2) is 5.23. The van der Waals surface area contributed by atoms with E-state index in [0.29, 0.717) is 18.2 Å². The van der Waals surface area contributed by atoms with Crippen molar-refractivity contribution in [1.82, 2.24) is 0 Å². The van der Waals surface area contributed by atoms with E-state index < -0.39 is 10.8 Å². The van der Waals surface area contributed by atoms with Gasteiger partial charge in [-0.2, -0.15) is 0 Å². The van der Waals surface area contributed by atoms with Crippen LogP contribution >= 0.6 is 0 Å². The van der Waals surface area contributed by atoms with Crippen LogP contribution in [0.3, 0.4) is 0 Å². The van der Waals surface area contributed by atoms with E-state index in [0.717, 1.165) is 12.8 Å². The number of anilines is 1. The molecule has 7 nitrogen and oxygen atoms in total. The van der Waals surface area contributed by atoms with Gasteiger partial charge in [0.15, 0.2) is 0 Å². The van der Waals surface area contributed by atoms with Crippen LogP contribution in [0.2, 0.25) is 0 Å². The summed E-state index contributed by atoms with van der Waals surface area (Å²) in [5, 5.41) is 14.1. The van der Waals surface area contributed by atoms with E-state index in [4.69, 9.17) is 11.5 Å². The molecule has 1 aliphatic rings. The summed E-state index contributed by atoms with van der Waals surface area (Å²) >= 11 is 0. The standard InChI is InChI=1S/C12H16N4O3/c13-6-10(7-1-2-7)15-9-4-3-8(12(14)17)5-11(9)16(18)19/h3-5,7,10,15H,1-2,6,13H2,(H2,14,17). The van der Waals surface area contributed by atoms with Gasteiger partial charge in [0.05, 0.1) is 4.92 Å². The van der Waals surface area contributed by atoms with E-state index in [2.05, 4.69) is 5.32 Å². The van der Waals surface area contributed by atoms with Crippen molar-refractivity contribution >= 4 is 17.3 Å². The van der Waals surface area contributed by atoms with Gasteiger partial charge in [-0.25, -0.2) is 0 Å². The highest BCUT2D eigenvalue weighted by molar-refractivity contribution is 5.94. The van der Waals surface area contributed by atoms with Gasteiger partial charge < -0.3 is 16.8 Å². The molecule has 0 spiro atoms. The number of hydrogen-bond acceptors (Lipinski definition) is 5. The average Bonchev–Trinajstić information content (AvgIpc) is 3.19. The summed E-state index contributed by atoms with van der Waals surface area (Å²) in [7, 11) is 0. The first-order chi connectivity index (χ1) is 9.02. The summed E-state index contributed by atoms with van der Waals surface area (Å²) in [5.41, 5.74) is 11.1. The van der Waals surface area contributed by atoms with Gasteiger partial charge in [0.25, 0.3) is 5.69 Å². The van der Waals surface area contributed by atoms with E-state index in [1.165, 1.54) is 18.2 Å². The Hall–Kier alpha value is -2.15. The van der Waals surface area contributed by atoms with Crippen molar-refractivity contribution in [2.75, 3.05) is 11.9 Å². The molecule has 1 fully saturated rings. The first-order valence-electron chi connectivity index (χ1n) is 6.07. The van der Waals surface area contributed by atoms with Crippen LogP contribution in [-0.4, -0.2) is 23.4 Å². The molecular formula is C12H16N4O3. The molecule has 19 heavy (non-hydrogen) atoms. The van der Waals surface area contributed by atoms with Crippen molar-refractivity contribution in [2.45, 2.75) is 18.9 Å². The number of nitro benzene ring substituents is 1. The highest BCUT2D eigenvalue weighted by atomic mass is 16.6. The molecule has 1 aliphatic carbocycles. The first kappa shape index (κ1) is 13.3. The number of nitrogens with one attached hydrogen (secondary N) is 1. The number of nitro groups is 1. The van der Waals surface area contributed by atoms with Crippen LogP contribution in [0.4, 0.5) is 11.4 Å².